The van der Waals surface area contributed by atoms with E-state index in [9.17, 15) is 18.0 Å². The highest BCUT2D eigenvalue weighted by Crippen LogP contribution is 2.27. The van der Waals surface area contributed by atoms with Gasteiger partial charge in [0.25, 0.3) is 5.91 Å². The molecule has 30 heavy (non-hydrogen) atoms. The maximum absolute atomic E-state index is 12.7. The van der Waals surface area contributed by atoms with Crippen LogP contribution >= 0.6 is 0 Å². The summed E-state index contributed by atoms with van der Waals surface area (Å²) in [6.45, 7) is 1.93. The second-order valence-electron chi connectivity index (χ2n) is 6.89. The lowest BCUT2D eigenvalue weighted by Crippen LogP contribution is -2.26. The van der Waals surface area contributed by atoms with E-state index in [1.54, 1.807) is 24.3 Å². The number of aryl methyl sites for hydroxylation is 1. The van der Waals surface area contributed by atoms with Gasteiger partial charge in [0.1, 0.15) is 0 Å². The Kier molecular flexibility index (Phi) is 6.84. The number of rotatable bonds is 3. The molecule has 160 valence electrons. The third-order valence-corrected chi connectivity index (χ3v) is 4.30. The number of halogens is 3. The fourth-order valence-electron chi connectivity index (χ4n) is 2.91. The Morgan fingerprint density at radius 3 is 2.27 bits per heavy atom. The van der Waals surface area contributed by atoms with E-state index in [2.05, 4.69) is 16.1 Å². The quantitative estimate of drug-likeness (QED) is 0.812. The summed E-state index contributed by atoms with van der Waals surface area (Å²) in [5, 5.41) is 20.5. The lowest BCUT2D eigenvalue weighted by molar-refractivity contribution is -0.192. The highest BCUT2D eigenvalue weighted by atomic mass is 19.4. The van der Waals surface area contributed by atoms with Crippen LogP contribution < -0.4 is 0 Å². The van der Waals surface area contributed by atoms with Gasteiger partial charge in [0, 0.05) is 24.7 Å². The van der Waals surface area contributed by atoms with Crippen LogP contribution in [-0.2, 0) is 31.5 Å². The Bertz CT molecular complexity index is 975. The van der Waals surface area contributed by atoms with Gasteiger partial charge >= 0.3 is 12.1 Å². The number of benzene rings is 1. The van der Waals surface area contributed by atoms with Gasteiger partial charge in [-0.3, -0.25) is 9.48 Å². The number of carbonyl (C=O) groups excluding carboxylic acids is 1. The maximum Gasteiger partial charge on any atom is 0.490 e. The van der Waals surface area contributed by atoms with Crippen molar-refractivity contribution >= 4 is 11.9 Å². The molecule has 2 aromatic rings. The summed E-state index contributed by atoms with van der Waals surface area (Å²) in [6, 6.07) is 8.84. The van der Waals surface area contributed by atoms with E-state index in [0.717, 1.165) is 23.5 Å². The van der Waals surface area contributed by atoms with Gasteiger partial charge in [-0.1, -0.05) is 0 Å². The number of nitriles is 1. The second kappa shape index (κ2) is 8.96. The average molecular weight is 423 g/mol. The van der Waals surface area contributed by atoms with Crippen molar-refractivity contribution in [2.75, 3.05) is 14.1 Å². The van der Waals surface area contributed by atoms with Crippen LogP contribution in [0, 0.1) is 11.3 Å². The molecule has 1 aromatic heterocycles. The van der Waals surface area contributed by atoms with Crippen molar-refractivity contribution in [3.05, 3.63) is 52.3 Å². The van der Waals surface area contributed by atoms with Gasteiger partial charge in [0.2, 0.25) is 0 Å². The number of amides is 1. The topological polar surface area (TPSA) is 102 Å². The summed E-state index contributed by atoms with van der Waals surface area (Å²) in [7, 11) is 5.94. The van der Waals surface area contributed by atoms with Crippen LogP contribution in [0.1, 0.15) is 32.9 Å². The molecule has 0 fully saturated rings. The highest BCUT2D eigenvalue weighted by Gasteiger charge is 2.38. The number of carboxylic acid groups (broad SMARTS) is 1. The van der Waals surface area contributed by atoms with E-state index in [1.807, 2.05) is 30.7 Å². The van der Waals surface area contributed by atoms with Crippen molar-refractivity contribution in [1.82, 2.24) is 19.6 Å². The number of alkyl halides is 3. The van der Waals surface area contributed by atoms with Crippen molar-refractivity contribution in [1.29, 1.82) is 5.26 Å². The molecule has 0 atom stereocenters. The predicted molar refractivity (Wildman–Crippen MR) is 99.0 cm³/mol. The third kappa shape index (κ3) is 5.36. The van der Waals surface area contributed by atoms with E-state index in [-0.39, 0.29) is 5.91 Å². The normalized spacial score (nSPS) is 12.8. The number of aliphatic carboxylic acids is 1. The first kappa shape index (κ1) is 22.9. The van der Waals surface area contributed by atoms with Crippen LogP contribution in [0.15, 0.2) is 24.3 Å². The van der Waals surface area contributed by atoms with Gasteiger partial charge < -0.3 is 14.9 Å². The predicted octanol–water partition coefficient (Wildman–Crippen LogP) is 2.14. The molecule has 3 rings (SSSR count). The van der Waals surface area contributed by atoms with Gasteiger partial charge in [0.05, 0.1) is 36.1 Å². The molecule has 11 heteroatoms. The van der Waals surface area contributed by atoms with Crippen molar-refractivity contribution in [3.8, 4) is 6.07 Å². The van der Waals surface area contributed by atoms with Gasteiger partial charge in [-0.15, -0.1) is 0 Å². The summed E-state index contributed by atoms with van der Waals surface area (Å²) >= 11 is 0. The van der Waals surface area contributed by atoms with Crippen LogP contribution in [0.3, 0.4) is 0 Å². The lowest BCUT2D eigenvalue weighted by Gasteiger charge is -2.17. The third-order valence-electron chi connectivity index (χ3n) is 4.30. The first-order chi connectivity index (χ1) is 13.9. The number of carbonyl (C=O) groups is 2. The smallest absolute Gasteiger partial charge is 0.475 e. The van der Waals surface area contributed by atoms with E-state index in [0.29, 0.717) is 24.2 Å². The van der Waals surface area contributed by atoms with Crippen molar-refractivity contribution in [2.45, 2.75) is 25.8 Å². The minimum atomic E-state index is -5.08. The number of hydrogen-bond donors (Lipinski definition) is 1. The minimum Gasteiger partial charge on any atom is -0.475 e. The zero-order valence-electron chi connectivity index (χ0n) is 16.6. The van der Waals surface area contributed by atoms with E-state index < -0.39 is 12.1 Å². The van der Waals surface area contributed by atoms with E-state index >= 15 is 0 Å². The van der Waals surface area contributed by atoms with Crippen LogP contribution in [0.4, 0.5) is 13.2 Å². The first-order valence-corrected chi connectivity index (χ1v) is 8.72. The number of nitrogens with zero attached hydrogens (tertiary/aromatic N) is 5. The Labute approximate surface area is 170 Å². The molecule has 0 spiro atoms. The second-order valence-corrected chi connectivity index (χ2v) is 6.89. The molecule has 8 nitrogen and oxygen atoms in total. The minimum absolute atomic E-state index is 0.0125. The summed E-state index contributed by atoms with van der Waals surface area (Å²) < 4.78 is 33.6. The molecule has 1 N–H and O–H groups in total. The van der Waals surface area contributed by atoms with Crippen LogP contribution in [-0.4, -0.2) is 56.8 Å². The number of aromatic nitrogens is 2. The van der Waals surface area contributed by atoms with Crippen molar-refractivity contribution < 1.29 is 27.9 Å². The van der Waals surface area contributed by atoms with Crippen molar-refractivity contribution in [3.63, 3.8) is 0 Å². The molecule has 1 aliphatic rings. The largest absolute Gasteiger partial charge is 0.490 e. The first-order valence-electron chi connectivity index (χ1n) is 8.72. The molecule has 0 saturated carbocycles. The summed E-state index contributed by atoms with van der Waals surface area (Å²) in [6.07, 6.45) is -5.08. The Morgan fingerprint density at radius 2 is 1.80 bits per heavy atom. The standard InChI is InChI=1S/C17H19N5O.C2HF3O2/c1-20(2)10-15-14-9-22(11-16(14)21(3)19-15)17(23)13-6-4-12(8-18)5-7-13;3-2(4,5)1(6)7/h4-7H,9-11H2,1-3H3;(H,6,7). The molecule has 1 aliphatic heterocycles. The molecule has 0 radical (unpaired) electrons. The Balaban J connectivity index is 0.000000396. The monoisotopic (exact) mass is 423 g/mol. The molecule has 1 aromatic carbocycles. The number of fused-ring (bicyclic) bond motifs is 1. The Morgan fingerprint density at radius 1 is 1.23 bits per heavy atom. The summed E-state index contributed by atoms with van der Waals surface area (Å²) in [5.41, 5.74) is 4.46. The van der Waals surface area contributed by atoms with Crippen LogP contribution in [0.25, 0.3) is 0 Å². The van der Waals surface area contributed by atoms with Crippen LogP contribution in [0.2, 0.25) is 0 Å². The summed E-state index contributed by atoms with van der Waals surface area (Å²) in [4.78, 5) is 25.5. The molecular formula is C19H20F3N5O3. The van der Waals surface area contributed by atoms with E-state index in [1.165, 1.54) is 0 Å². The van der Waals surface area contributed by atoms with Crippen molar-refractivity contribution in [2.24, 2.45) is 7.05 Å². The molecule has 1 amide bonds. The Hall–Kier alpha value is -3.39. The molecular weight excluding hydrogens is 403 g/mol. The van der Waals surface area contributed by atoms with Gasteiger partial charge in [0.15, 0.2) is 0 Å². The van der Waals surface area contributed by atoms with E-state index in [4.69, 9.17) is 15.2 Å². The van der Waals surface area contributed by atoms with Crippen LogP contribution in [0.5, 0.6) is 0 Å². The van der Waals surface area contributed by atoms with Gasteiger partial charge in [-0.05, 0) is 38.4 Å². The SMILES string of the molecule is CN(C)Cc1nn(C)c2c1CN(C(=O)c1ccc(C#N)cc1)C2.O=C(O)C(F)(F)F. The lowest BCUT2D eigenvalue weighted by atomic mass is 10.1. The average Bonchev–Trinajstić information content (AvgIpc) is 3.22. The number of hydrogen-bond acceptors (Lipinski definition) is 5. The fraction of sp³-hybridized carbons (Fsp3) is 0.368. The maximum atomic E-state index is 12.7. The zero-order valence-corrected chi connectivity index (χ0v) is 16.6. The molecule has 2 heterocycles. The zero-order chi connectivity index (χ0) is 22.6. The molecule has 0 saturated heterocycles. The highest BCUT2D eigenvalue weighted by molar-refractivity contribution is 5.94. The van der Waals surface area contributed by atoms with Gasteiger partial charge in [-0.2, -0.15) is 23.5 Å². The molecule has 0 unspecified atom stereocenters. The number of carboxylic acids is 1. The molecule has 0 bridgehead atoms. The molecule has 0 aliphatic carbocycles. The van der Waals surface area contributed by atoms with Gasteiger partial charge in [-0.25, -0.2) is 4.79 Å². The summed E-state index contributed by atoms with van der Waals surface area (Å²) in [5.74, 6) is -2.77. The fourth-order valence-corrected chi connectivity index (χ4v) is 2.91.